The molecule has 0 aliphatic heterocycles. The van der Waals surface area contributed by atoms with Crippen LogP contribution in [0.25, 0.3) is 22.5 Å². The van der Waals surface area contributed by atoms with E-state index < -0.39 is 5.97 Å². The molecular formula is C26H26N4O3S3. The average Bonchev–Trinajstić information content (AvgIpc) is 3.65. The lowest BCUT2D eigenvalue weighted by Gasteiger charge is -2.10. The second kappa shape index (κ2) is 10.6. The second-order valence-electron chi connectivity index (χ2n) is 8.39. The number of carbonyl (C=O) groups is 2. The minimum atomic E-state index is -0.395. The van der Waals surface area contributed by atoms with Crippen LogP contribution in [-0.4, -0.2) is 39.5 Å². The molecule has 1 aromatic carbocycles. The fraction of sp³-hybridized carbons (Fsp3) is 0.308. The van der Waals surface area contributed by atoms with E-state index in [0.717, 1.165) is 52.2 Å². The van der Waals surface area contributed by atoms with Crippen LogP contribution in [0, 0.1) is 6.92 Å². The van der Waals surface area contributed by atoms with Gasteiger partial charge in [0.05, 0.1) is 18.4 Å². The maximum absolute atomic E-state index is 12.9. The maximum Gasteiger partial charge on any atom is 0.341 e. The van der Waals surface area contributed by atoms with Gasteiger partial charge < -0.3 is 14.6 Å². The van der Waals surface area contributed by atoms with E-state index in [1.54, 1.807) is 11.3 Å². The molecule has 3 aromatic heterocycles. The van der Waals surface area contributed by atoms with Gasteiger partial charge in [-0.3, -0.25) is 4.79 Å². The van der Waals surface area contributed by atoms with Gasteiger partial charge in [0, 0.05) is 32.8 Å². The highest BCUT2D eigenvalue weighted by Gasteiger charge is 2.28. The summed E-state index contributed by atoms with van der Waals surface area (Å²) in [6.07, 6.45) is 2.81. The van der Waals surface area contributed by atoms with Crippen LogP contribution < -0.4 is 5.32 Å². The number of thiophene rings is 2. The molecular weight excluding hydrogens is 513 g/mol. The molecule has 0 saturated heterocycles. The predicted molar refractivity (Wildman–Crippen MR) is 146 cm³/mol. The Balaban J connectivity index is 1.34. The van der Waals surface area contributed by atoms with Crippen LogP contribution in [0.1, 0.15) is 39.0 Å². The lowest BCUT2D eigenvalue weighted by atomic mass is 10.0. The SMILES string of the molecule is CCn1c(SCC(=O)Nc2sc3c(c2C(=O)OC)CCC3)nnc1-c1csc(C)c1-c1ccccc1. The van der Waals surface area contributed by atoms with Crippen molar-refractivity contribution in [3.05, 3.63) is 56.6 Å². The average molecular weight is 539 g/mol. The third-order valence-corrected chi connectivity index (χ3v) is 9.29. The monoisotopic (exact) mass is 538 g/mol. The zero-order valence-electron chi connectivity index (χ0n) is 20.3. The highest BCUT2D eigenvalue weighted by molar-refractivity contribution is 7.99. The molecule has 0 spiro atoms. The third kappa shape index (κ3) is 4.60. The van der Waals surface area contributed by atoms with Gasteiger partial charge in [-0.1, -0.05) is 42.1 Å². The first kappa shape index (κ1) is 24.7. The summed E-state index contributed by atoms with van der Waals surface area (Å²) in [7, 11) is 1.37. The van der Waals surface area contributed by atoms with Gasteiger partial charge in [-0.05, 0) is 44.2 Å². The van der Waals surface area contributed by atoms with Crippen molar-refractivity contribution >= 4 is 51.3 Å². The molecule has 0 radical (unpaired) electrons. The molecule has 1 aliphatic rings. The van der Waals surface area contributed by atoms with Crippen molar-refractivity contribution in [2.45, 2.75) is 44.8 Å². The van der Waals surface area contributed by atoms with Crippen LogP contribution in [0.2, 0.25) is 0 Å². The number of ether oxygens (including phenoxy) is 1. The molecule has 186 valence electrons. The molecule has 0 atom stereocenters. The normalized spacial score (nSPS) is 12.5. The lowest BCUT2D eigenvalue weighted by Crippen LogP contribution is -2.16. The van der Waals surface area contributed by atoms with E-state index >= 15 is 0 Å². The smallest absolute Gasteiger partial charge is 0.341 e. The molecule has 1 amide bonds. The van der Waals surface area contributed by atoms with Gasteiger partial charge in [-0.2, -0.15) is 0 Å². The Kier molecular flexibility index (Phi) is 7.27. The fourth-order valence-corrected chi connectivity index (χ4v) is 7.53. The van der Waals surface area contributed by atoms with Crippen molar-refractivity contribution in [1.82, 2.24) is 14.8 Å². The zero-order valence-corrected chi connectivity index (χ0v) is 22.7. The van der Waals surface area contributed by atoms with E-state index in [1.807, 2.05) is 29.7 Å². The van der Waals surface area contributed by atoms with E-state index in [9.17, 15) is 9.59 Å². The number of thioether (sulfide) groups is 1. The summed E-state index contributed by atoms with van der Waals surface area (Å²) in [6, 6.07) is 10.3. The van der Waals surface area contributed by atoms with Crippen LogP contribution in [0.5, 0.6) is 0 Å². The molecule has 0 fully saturated rings. The van der Waals surface area contributed by atoms with Crippen LogP contribution in [0.4, 0.5) is 5.00 Å². The molecule has 1 N–H and O–H groups in total. The number of fused-ring (bicyclic) bond motifs is 1. The van der Waals surface area contributed by atoms with Crippen molar-refractivity contribution in [3.63, 3.8) is 0 Å². The minimum Gasteiger partial charge on any atom is -0.465 e. The van der Waals surface area contributed by atoms with Crippen molar-refractivity contribution in [2.75, 3.05) is 18.2 Å². The topological polar surface area (TPSA) is 86.1 Å². The summed E-state index contributed by atoms with van der Waals surface area (Å²) >= 11 is 4.52. The standard InChI is InChI=1S/C26H26N4O3S3/c1-4-30-23(18-13-34-15(2)21(18)16-9-6-5-7-10-16)28-29-26(30)35-14-20(31)27-24-22(25(32)33-3)17-11-8-12-19(17)36-24/h5-7,9-10,13H,4,8,11-12,14H2,1-3H3,(H,27,31). The Hall–Kier alpha value is -2.95. The van der Waals surface area contributed by atoms with Crippen LogP contribution in [0.15, 0.2) is 40.9 Å². The number of hydrogen-bond acceptors (Lipinski definition) is 8. The number of aryl methyl sites for hydroxylation is 2. The summed E-state index contributed by atoms with van der Waals surface area (Å²) < 4.78 is 7.03. The number of esters is 1. The van der Waals surface area contributed by atoms with Crippen molar-refractivity contribution in [3.8, 4) is 22.5 Å². The van der Waals surface area contributed by atoms with Crippen LogP contribution in [0.3, 0.4) is 0 Å². The number of amides is 1. The first-order valence-corrected chi connectivity index (χ1v) is 14.4. The van der Waals surface area contributed by atoms with E-state index in [0.29, 0.717) is 22.3 Å². The van der Waals surface area contributed by atoms with Gasteiger partial charge in [0.2, 0.25) is 5.91 Å². The van der Waals surface area contributed by atoms with Crippen LogP contribution >= 0.6 is 34.4 Å². The van der Waals surface area contributed by atoms with Gasteiger partial charge in [0.15, 0.2) is 11.0 Å². The first-order valence-electron chi connectivity index (χ1n) is 11.7. The molecule has 0 unspecified atom stereocenters. The number of carbonyl (C=O) groups excluding carboxylic acids is 2. The summed E-state index contributed by atoms with van der Waals surface area (Å²) in [5, 5.41) is 15.3. The van der Waals surface area contributed by atoms with E-state index in [-0.39, 0.29) is 11.7 Å². The molecule has 0 bridgehead atoms. The molecule has 7 nitrogen and oxygen atoms in total. The Morgan fingerprint density at radius 2 is 2.00 bits per heavy atom. The van der Waals surface area contributed by atoms with Gasteiger partial charge in [0.1, 0.15) is 5.00 Å². The number of anilines is 1. The lowest BCUT2D eigenvalue weighted by molar-refractivity contribution is -0.113. The number of aromatic nitrogens is 3. The second-order valence-corrected chi connectivity index (χ2v) is 11.5. The third-order valence-electron chi connectivity index (χ3n) is 6.21. The van der Waals surface area contributed by atoms with Crippen molar-refractivity contribution in [1.29, 1.82) is 0 Å². The van der Waals surface area contributed by atoms with Gasteiger partial charge >= 0.3 is 5.97 Å². The van der Waals surface area contributed by atoms with E-state index in [4.69, 9.17) is 4.74 Å². The van der Waals surface area contributed by atoms with Gasteiger partial charge in [-0.25, -0.2) is 4.79 Å². The highest BCUT2D eigenvalue weighted by atomic mass is 32.2. The number of benzene rings is 1. The molecule has 0 saturated carbocycles. The fourth-order valence-electron chi connectivity index (χ4n) is 4.57. The number of methoxy groups -OCH3 is 1. The van der Waals surface area contributed by atoms with Crippen molar-refractivity contribution < 1.29 is 14.3 Å². The Labute approximate surface area is 221 Å². The molecule has 1 aliphatic carbocycles. The maximum atomic E-state index is 12.9. The minimum absolute atomic E-state index is 0.162. The zero-order chi connectivity index (χ0) is 25.2. The van der Waals surface area contributed by atoms with Gasteiger partial charge in [0.25, 0.3) is 0 Å². The number of nitrogens with zero attached hydrogens (tertiary/aromatic N) is 3. The summed E-state index contributed by atoms with van der Waals surface area (Å²) in [5.41, 5.74) is 4.89. The van der Waals surface area contributed by atoms with Crippen molar-refractivity contribution in [2.24, 2.45) is 0 Å². The predicted octanol–water partition coefficient (Wildman–Crippen LogP) is 6.07. The number of nitrogens with one attached hydrogen (secondary N) is 1. The first-order chi connectivity index (χ1) is 17.5. The molecule has 5 rings (SSSR count). The summed E-state index contributed by atoms with van der Waals surface area (Å²) in [5.74, 6) is 0.378. The molecule has 36 heavy (non-hydrogen) atoms. The van der Waals surface area contributed by atoms with E-state index in [1.165, 1.54) is 35.1 Å². The molecule has 4 aromatic rings. The Bertz CT molecular complexity index is 1420. The Morgan fingerprint density at radius 1 is 1.19 bits per heavy atom. The van der Waals surface area contributed by atoms with Gasteiger partial charge in [-0.15, -0.1) is 32.9 Å². The highest BCUT2D eigenvalue weighted by Crippen LogP contribution is 2.40. The summed E-state index contributed by atoms with van der Waals surface area (Å²) in [6.45, 7) is 4.85. The van der Waals surface area contributed by atoms with E-state index in [2.05, 4.69) is 40.0 Å². The Morgan fingerprint density at radius 3 is 2.75 bits per heavy atom. The number of hydrogen-bond donors (Lipinski definition) is 1. The molecule has 3 heterocycles. The largest absolute Gasteiger partial charge is 0.465 e. The van der Waals surface area contributed by atoms with Crippen LogP contribution in [-0.2, 0) is 28.9 Å². The summed E-state index contributed by atoms with van der Waals surface area (Å²) in [4.78, 5) is 27.6. The quantitative estimate of drug-likeness (QED) is 0.216. The molecule has 10 heteroatoms. The number of rotatable bonds is 8.